The highest BCUT2D eigenvalue weighted by molar-refractivity contribution is 5.41. The average Bonchev–Trinajstić information content (AvgIpc) is 2.13. The molecule has 3 N–H and O–H groups in total. The second kappa shape index (κ2) is 5.04. The van der Waals surface area contributed by atoms with Gasteiger partial charge in [-0.1, -0.05) is 6.07 Å². The molecule has 0 spiro atoms. The van der Waals surface area contributed by atoms with Crippen LogP contribution in [0, 0.1) is 12.3 Å². The molecule has 0 amide bonds. The molecule has 0 fully saturated rings. The van der Waals surface area contributed by atoms with E-state index in [-0.39, 0.29) is 0 Å². The summed E-state index contributed by atoms with van der Waals surface area (Å²) in [6.07, 6.45) is 6.86. The van der Waals surface area contributed by atoms with E-state index in [1.54, 1.807) is 6.07 Å². The zero-order valence-corrected chi connectivity index (χ0v) is 7.46. The first kappa shape index (κ1) is 9.40. The Morgan fingerprint density at radius 1 is 1.54 bits per heavy atom. The maximum Gasteiger partial charge on any atom is 0.128 e. The zero-order valence-electron chi connectivity index (χ0n) is 7.46. The molecule has 0 bridgehead atoms. The Kier molecular flexibility index (Phi) is 3.65. The van der Waals surface area contributed by atoms with Crippen LogP contribution in [0.1, 0.15) is 12.8 Å². The number of pyridine rings is 1. The number of hydrogen-bond donors (Lipinski definition) is 2. The number of nitrogen functional groups attached to an aromatic ring is 1. The van der Waals surface area contributed by atoms with Crippen LogP contribution in [-0.2, 0) is 0 Å². The number of nitrogens with one attached hydrogen (secondary N) is 1. The monoisotopic (exact) mass is 175 g/mol. The molecular formula is C10H13N3. The molecule has 13 heavy (non-hydrogen) atoms. The predicted molar refractivity (Wildman–Crippen MR) is 55.2 cm³/mol. The van der Waals surface area contributed by atoms with Gasteiger partial charge in [0, 0.05) is 13.0 Å². The molecule has 0 radical (unpaired) electrons. The number of nitrogens with zero attached hydrogens (tertiary/aromatic N) is 1. The highest BCUT2D eigenvalue weighted by atomic mass is 15.0. The second-order valence-electron chi connectivity index (χ2n) is 2.68. The van der Waals surface area contributed by atoms with Gasteiger partial charge in [-0.25, -0.2) is 4.98 Å². The van der Waals surface area contributed by atoms with Gasteiger partial charge in [-0.2, -0.15) is 0 Å². The molecule has 0 aliphatic rings. The molecule has 1 heterocycles. The van der Waals surface area contributed by atoms with Crippen molar-refractivity contribution >= 4 is 11.6 Å². The molecule has 0 saturated carbocycles. The molecular weight excluding hydrogens is 162 g/mol. The molecule has 0 aliphatic heterocycles. The summed E-state index contributed by atoms with van der Waals surface area (Å²) in [5.41, 5.74) is 5.51. The minimum absolute atomic E-state index is 0.530. The van der Waals surface area contributed by atoms with Gasteiger partial charge in [0.25, 0.3) is 0 Å². The number of rotatable bonds is 4. The second-order valence-corrected chi connectivity index (χ2v) is 2.68. The van der Waals surface area contributed by atoms with E-state index >= 15 is 0 Å². The van der Waals surface area contributed by atoms with Crippen molar-refractivity contribution in [3.8, 4) is 12.3 Å². The topological polar surface area (TPSA) is 50.9 Å². The van der Waals surface area contributed by atoms with Crippen LogP contribution in [0.5, 0.6) is 0 Å². The van der Waals surface area contributed by atoms with E-state index in [2.05, 4.69) is 16.2 Å². The molecule has 0 unspecified atom stereocenters. The Hall–Kier alpha value is -1.69. The average molecular weight is 175 g/mol. The van der Waals surface area contributed by atoms with Crippen molar-refractivity contribution in [3.63, 3.8) is 0 Å². The number of unbranched alkanes of at least 4 members (excludes halogenated alkanes) is 1. The number of nitrogens with two attached hydrogens (primary N) is 1. The summed E-state index contributed by atoms with van der Waals surface area (Å²) in [4.78, 5) is 4.09. The fraction of sp³-hybridized carbons (Fsp3) is 0.300. The van der Waals surface area contributed by atoms with Gasteiger partial charge in [-0.15, -0.1) is 12.3 Å². The Morgan fingerprint density at radius 3 is 3.08 bits per heavy atom. The van der Waals surface area contributed by atoms with Crippen LogP contribution in [0.2, 0.25) is 0 Å². The maximum absolute atomic E-state index is 5.51. The van der Waals surface area contributed by atoms with E-state index in [4.69, 9.17) is 12.2 Å². The lowest BCUT2D eigenvalue weighted by Crippen LogP contribution is -2.03. The zero-order chi connectivity index (χ0) is 9.52. The summed E-state index contributed by atoms with van der Waals surface area (Å²) in [6.45, 7) is 0.834. The van der Waals surface area contributed by atoms with Crippen LogP contribution in [0.15, 0.2) is 18.2 Å². The van der Waals surface area contributed by atoms with Crippen LogP contribution in [0.4, 0.5) is 11.6 Å². The van der Waals surface area contributed by atoms with Crippen LogP contribution in [-0.4, -0.2) is 11.5 Å². The molecule has 1 rings (SSSR count). The first-order valence-corrected chi connectivity index (χ1v) is 4.23. The summed E-state index contributed by atoms with van der Waals surface area (Å²) in [5.74, 6) is 3.91. The summed E-state index contributed by atoms with van der Waals surface area (Å²) in [5, 5.41) is 3.13. The van der Waals surface area contributed by atoms with Crippen LogP contribution < -0.4 is 11.1 Å². The lowest BCUT2D eigenvalue weighted by molar-refractivity contribution is 0.902. The summed E-state index contributed by atoms with van der Waals surface area (Å²) >= 11 is 0. The van der Waals surface area contributed by atoms with Crippen molar-refractivity contribution in [2.24, 2.45) is 0 Å². The van der Waals surface area contributed by atoms with E-state index in [0.717, 1.165) is 25.2 Å². The van der Waals surface area contributed by atoms with Gasteiger partial charge in [0.2, 0.25) is 0 Å². The smallest absolute Gasteiger partial charge is 0.128 e. The summed E-state index contributed by atoms with van der Waals surface area (Å²) in [7, 11) is 0. The van der Waals surface area contributed by atoms with Crippen molar-refractivity contribution in [1.29, 1.82) is 0 Å². The van der Waals surface area contributed by atoms with Gasteiger partial charge < -0.3 is 11.1 Å². The van der Waals surface area contributed by atoms with Gasteiger partial charge in [-0.3, -0.25) is 0 Å². The number of aromatic nitrogens is 1. The van der Waals surface area contributed by atoms with E-state index in [9.17, 15) is 0 Å². The largest absolute Gasteiger partial charge is 0.384 e. The Labute approximate surface area is 78.4 Å². The van der Waals surface area contributed by atoms with Crippen LogP contribution in [0.25, 0.3) is 0 Å². The molecule has 68 valence electrons. The van der Waals surface area contributed by atoms with Gasteiger partial charge >= 0.3 is 0 Å². The number of terminal acetylenes is 1. The predicted octanol–water partition coefficient (Wildman–Crippen LogP) is 1.49. The van der Waals surface area contributed by atoms with Crippen molar-refractivity contribution < 1.29 is 0 Å². The van der Waals surface area contributed by atoms with E-state index in [1.165, 1.54) is 0 Å². The first-order chi connectivity index (χ1) is 6.33. The molecule has 0 saturated heterocycles. The standard InChI is InChI=1S/C10H13N3/c1-2-3-4-8-12-10-7-5-6-9(11)13-10/h1,5-7H,3-4,8H2,(H3,11,12,13). The third-order valence-corrected chi connectivity index (χ3v) is 1.57. The Morgan fingerprint density at radius 2 is 2.38 bits per heavy atom. The number of anilines is 2. The highest BCUT2D eigenvalue weighted by Gasteiger charge is 1.92. The maximum atomic E-state index is 5.51. The van der Waals surface area contributed by atoms with Crippen molar-refractivity contribution in [3.05, 3.63) is 18.2 Å². The fourth-order valence-electron chi connectivity index (χ4n) is 0.957. The van der Waals surface area contributed by atoms with Crippen molar-refractivity contribution in [2.75, 3.05) is 17.6 Å². The fourth-order valence-corrected chi connectivity index (χ4v) is 0.957. The Bertz CT molecular complexity index is 301. The molecule has 3 nitrogen and oxygen atoms in total. The lowest BCUT2D eigenvalue weighted by atomic mass is 10.3. The third-order valence-electron chi connectivity index (χ3n) is 1.57. The molecule has 1 aromatic heterocycles. The first-order valence-electron chi connectivity index (χ1n) is 4.23. The number of hydrogen-bond acceptors (Lipinski definition) is 3. The summed E-state index contributed by atoms with van der Waals surface area (Å²) < 4.78 is 0. The van der Waals surface area contributed by atoms with Crippen molar-refractivity contribution in [2.45, 2.75) is 12.8 Å². The molecule has 0 aromatic carbocycles. The van der Waals surface area contributed by atoms with Gasteiger partial charge in [0.15, 0.2) is 0 Å². The lowest BCUT2D eigenvalue weighted by Gasteiger charge is -2.03. The normalized spacial score (nSPS) is 9.15. The van der Waals surface area contributed by atoms with E-state index < -0.39 is 0 Å². The van der Waals surface area contributed by atoms with Crippen molar-refractivity contribution in [1.82, 2.24) is 4.98 Å². The highest BCUT2D eigenvalue weighted by Crippen LogP contribution is 2.05. The van der Waals surface area contributed by atoms with Gasteiger partial charge in [0.05, 0.1) is 0 Å². The molecule has 3 heteroatoms. The van der Waals surface area contributed by atoms with Crippen LogP contribution >= 0.6 is 0 Å². The minimum atomic E-state index is 0.530. The molecule has 1 aromatic rings. The van der Waals surface area contributed by atoms with Gasteiger partial charge in [0.1, 0.15) is 11.6 Å². The quantitative estimate of drug-likeness (QED) is 0.538. The molecule has 0 atom stereocenters. The Balaban J connectivity index is 2.33. The SMILES string of the molecule is C#CCCCNc1cccc(N)n1. The van der Waals surface area contributed by atoms with Crippen LogP contribution in [0.3, 0.4) is 0 Å². The molecule has 0 aliphatic carbocycles. The van der Waals surface area contributed by atoms with E-state index in [0.29, 0.717) is 5.82 Å². The summed E-state index contributed by atoms with van der Waals surface area (Å²) in [6, 6.07) is 5.50. The van der Waals surface area contributed by atoms with Gasteiger partial charge in [-0.05, 0) is 18.6 Å². The minimum Gasteiger partial charge on any atom is -0.384 e. The van der Waals surface area contributed by atoms with E-state index in [1.807, 2.05) is 12.1 Å². The third kappa shape index (κ3) is 3.48.